The number of carbonyl (C=O) groups excluding carboxylic acids is 2. The second-order valence-electron chi connectivity index (χ2n) is 7.71. The minimum atomic E-state index is -0.423. The zero-order valence-corrected chi connectivity index (χ0v) is 18.5. The van der Waals surface area contributed by atoms with E-state index >= 15 is 0 Å². The average molecular weight is 427 g/mol. The van der Waals surface area contributed by atoms with Gasteiger partial charge < -0.3 is 14.6 Å². The highest BCUT2D eigenvalue weighted by Gasteiger charge is 2.27. The third-order valence-corrected chi connectivity index (χ3v) is 5.68. The second kappa shape index (κ2) is 9.10. The zero-order chi connectivity index (χ0) is 22.7. The van der Waals surface area contributed by atoms with Gasteiger partial charge in [0.1, 0.15) is 5.69 Å². The third-order valence-electron chi connectivity index (χ3n) is 5.68. The summed E-state index contributed by atoms with van der Waals surface area (Å²) in [6.45, 7) is 6.20. The molecule has 0 bridgehead atoms. The molecule has 0 unspecified atom stereocenters. The Bertz CT molecular complexity index is 1280. The molecule has 0 aliphatic carbocycles. The lowest BCUT2D eigenvalue weighted by Gasteiger charge is -2.12. The van der Waals surface area contributed by atoms with E-state index in [-0.39, 0.29) is 12.5 Å². The molecule has 1 aromatic heterocycles. The van der Waals surface area contributed by atoms with Gasteiger partial charge in [0.05, 0.1) is 12.2 Å². The number of hydrogen-bond acceptors (Lipinski definition) is 3. The smallest absolute Gasteiger partial charge is 0.355 e. The molecular formula is C27H26N2O3. The second-order valence-corrected chi connectivity index (χ2v) is 7.71. The quantitative estimate of drug-likeness (QED) is 0.400. The van der Waals surface area contributed by atoms with Gasteiger partial charge in [-0.05, 0) is 43.4 Å². The molecule has 5 heteroatoms. The highest BCUT2D eigenvalue weighted by Crippen LogP contribution is 2.28. The number of hydrogen-bond donors (Lipinski definition) is 1. The third kappa shape index (κ3) is 4.02. The maximum absolute atomic E-state index is 13.4. The molecule has 3 aromatic carbocycles. The number of ether oxygens (including phenoxy) is 1. The summed E-state index contributed by atoms with van der Waals surface area (Å²) in [4.78, 5) is 26.2. The highest BCUT2D eigenvalue weighted by atomic mass is 16.5. The molecule has 0 fully saturated rings. The van der Waals surface area contributed by atoms with Gasteiger partial charge in [-0.1, -0.05) is 66.7 Å². The van der Waals surface area contributed by atoms with Crippen molar-refractivity contribution in [3.63, 3.8) is 0 Å². The number of amides is 1. The van der Waals surface area contributed by atoms with E-state index in [1.54, 1.807) is 13.8 Å². The van der Waals surface area contributed by atoms with Crippen LogP contribution in [-0.2, 0) is 11.3 Å². The van der Waals surface area contributed by atoms with Crippen molar-refractivity contribution in [2.24, 2.45) is 0 Å². The van der Waals surface area contributed by atoms with Crippen LogP contribution >= 0.6 is 0 Å². The Balaban J connectivity index is 1.77. The number of rotatable bonds is 6. The van der Waals surface area contributed by atoms with E-state index in [1.165, 1.54) is 0 Å². The topological polar surface area (TPSA) is 60.3 Å². The predicted molar refractivity (Wildman–Crippen MR) is 127 cm³/mol. The van der Waals surface area contributed by atoms with Crippen molar-refractivity contribution in [2.45, 2.75) is 27.3 Å². The fraction of sp³-hybridized carbons (Fsp3) is 0.185. The number of nitrogens with zero attached hydrogens (tertiary/aromatic N) is 1. The van der Waals surface area contributed by atoms with E-state index in [9.17, 15) is 9.59 Å². The lowest BCUT2D eigenvalue weighted by atomic mass is 10.1. The Morgan fingerprint density at radius 1 is 0.906 bits per heavy atom. The lowest BCUT2D eigenvalue weighted by Crippen LogP contribution is -2.15. The fourth-order valence-corrected chi connectivity index (χ4v) is 4.18. The van der Waals surface area contributed by atoms with Gasteiger partial charge in [-0.25, -0.2) is 4.79 Å². The molecule has 0 atom stereocenters. The van der Waals surface area contributed by atoms with E-state index in [2.05, 4.69) is 5.32 Å². The zero-order valence-electron chi connectivity index (χ0n) is 18.5. The Morgan fingerprint density at radius 3 is 2.34 bits per heavy atom. The number of aromatic nitrogens is 1. The molecule has 1 heterocycles. The van der Waals surface area contributed by atoms with E-state index in [0.29, 0.717) is 23.4 Å². The summed E-state index contributed by atoms with van der Waals surface area (Å²) in [6.07, 6.45) is 0. The fourth-order valence-electron chi connectivity index (χ4n) is 4.18. The molecule has 1 amide bonds. The molecule has 0 aliphatic heterocycles. The van der Waals surface area contributed by atoms with Crippen molar-refractivity contribution < 1.29 is 14.3 Å². The predicted octanol–water partition coefficient (Wildman–Crippen LogP) is 5.74. The molecule has 0 saturated heterocycles. The van der Waals surface area contributed by atoms with E-state index < -0.39 is 5.97 Å². The molecule has 0 radical (unpaired) electrons. The van der Waals surface area contributed by atoms with E-state index in [0.717, 1.165) is 27.7 Å². The minimum absolute atomic E-state index is 0.242. The van der Waals surface area contributed by atoms with E-state index in [4.69, 9.17) is 4.74 Å². The maximum atomic E-state index is 13.4. The summed E-state index contributed by atoms with van der Waals surface area (Å²) in [5, 5.41) is 5.07. The molecule has 5 nitrogen and oxygen atoms in total. The standard InChI is InChI=1S/C27H26N2O3/c1-4-32-27(31)25-18(2)24(19(3)29(25)17-20-11-6-5-7-12-20)26(30)28-23-16-10-14-21-13-8-9-15-22(21)23/h5-16H,4,17H2,1-3H3,(H,28,30). The first-order valence-electron chi connectivity index (χ1n) is 10.7. The van der Waals surface area contributed by atoms with Crippen LogP contribution in [0.3, 0.4) is 0 Å². The number of anilines is 1. The van der Waals surface area contributed by atoms with Gasteiger partial charge in [0.15, 0.2) is 0 Å². The summed E-state index contributed by atoms with van der Waals surface area (Å²) in [5.41, 5.74) is 4.03. The van der Waals surface area contributed by atoms with Crippen LogP contribution in [0, 0.1) is 13.8 Å². The Labute approximate surface area is 187 Å². The first-order chi connectivity index (χ1) is 15.5. The van der Waals surface area contributed by atoms with Gasteiger partial charge in [0, 0.05) is 23.3 Å². The van der Waals surface area contributed by atoms with Gasteiger partial charge in [0.25, 0.3) is 5.91 Å². The van der Waals surface area contributed by atoms with Crippen molar-refractivity contribution in [3.05, 3.63) is 101 Å². The van der Waals surface area contributed by atoms with Crippen molar-refractivity contribution in [3.8, 4) is 0 Å². The number of benzene rings is 3. The largest absolute Gasteiger partial charge is 0.461 e. The normalized spacial score (nSPS) is 10.8. The Kier molecular flexibility index (Phi) is 6.08. The summed E-state index contributed by atoms with van der Waals surface area (Å²) in [6, 6.07) is 23.6. The van der Waals surface area contributed by atoms with Gasteiger partial charge in [0.2, 0.25) is 0 Å². The van der Waals surface area contributed by atoms with Crippen molar-refractivity contribution >= 4 is 28.3 Å². The van der Waals surface area contributed by atoms with Crippen LogP contribution in [0.2, 0.25) is 0 Å². The number of nitrogens with one attached hydrogen (secondary N) is 1. The van der Waals surface area contributed by atoms with Crippen molar-refractivity contribution in [1.82, 2.24) is 4.57 Å². The van der Waals surface area contributed by atoms with Crippen LogP contribution in [-0.4, -0.2) is 23.1 Å². The average Bonchev–Trinajstić information content (AvgIpc) is 3.04. The molecule has 1 N–H and O–H groups in total. The van der Waals surface area contributed by atoms with Crippen LogP contribution < -0.4 is 5.32 Å². The first kappa shape index (κ1) is 21.4. The van der Waals surface area contributed by atoms with Gasteiger partial charge >= 0.3 is 5.97 Å². The van der Waals surface area contributed by atoms with Gasteiger partial charge in [-0.2, -0.15) is 0 Å². The molecule has 0 saturated carbocycles. The summed E-state index contributed by atoms with van der Waals surface area (Å²) in [7, 11) is 0. The lowest BCUT2D eigenvalue weighted by molar-refractivity contribution is 0.0513. The molecule has 0 spiro atoms. The summed E-state index contributed by atoms with van der Waals surface area (Å²) in [5.74, 6) is -0.665. The monoisotopic (exact) mass is 426 g/mol. The maximum Gasteiger partial charge on any atom is 0.355 e. The van der Waals surface area contributed by atoms with Crippen LogP contribution in [0.15, 0.2) is 72.8 Å². The Hall–Kier alpha value is -3.86. The first-order valence-corrected chi connectivity index (χ1v) is 10.7. The van der Waals surface area contributed by atoms with Crippen LogP contribution in [0.5, 0.6) is 0 Å². The van der Waals surface area contributed by atoms with Gasteiger partial charge in [-0.3, -0.25) is 4.79 Å². The Morgan fingerprint density at radius 2 is 1.59 bits per heavy atom. The van der Waals surface area contributed by atoms with Gasteiger partial charge in [-0.15, -0.1) is 0 Å². The summed E-state index contributed by atoms with van der Waals surface area (Å²) >= 11 is 0. The number of fused-ring (bicyclic) bond motifs is 1. The minimum Gasteiger partial charge on any atom is -0.461 e. The number of carbonyl (C=O) groups is 2. The summed E-state index contributed by atoms with van der Waals surface area (Å²) < 4.78 is 7.20. The van der Waals surface area contributed by atoms with Crippen LogP contribution in [0.4, 0.5) is 5.69 Å². The highest BCUT2D eigenvalue weighted by molar-refractivity contribution is 6.11. The number of esters is 1. The van der Waals surface area contributed by atoms with Crippen LogP contribution in [0.25, 0.3) is 10.8 Å². The molecule has 32 heavy (non-hydrogen) atoms. The molecule has 162 valence electrons. The van der Waals surface area contributed by atoms with Crippen molar-refractivity contribution in [1.29, 1.82) is 0 Å². The molecule has 4 rings (SSSR count). The molecule has 0 aliphatic rings. The SMILES string of the molecule is CCOC(=O)c1c(C)c(C(=O)Nc2cccc3ccccc23)c(C)n1Cc1ccccc1. The molecular weight excluding hydrogens is 400 g/mol. The van der Waals surface area contributed by atoms with E-state index in [1.807, 2.05) is 84.3 Å². The molecule has 4 aromatic rings. The van der Waals surface area contributed by atoms with Crippen LogP contribution in [0.1, 0.15) is 44.6 Å². The van der Waals surface area contributed by atoms with Crippen molar-refractivity contribution in [2.75, 3.05) is 11.9 Å².